The van der Waals surface area contributed by atoms with Crippen LogP contribution in [0.2, 0.25) is 0 Å². The van der Waals surface area contributed by atoms with Crippen LogP contribution in [-0.2, 0) is 18.9 Å². The van der Waals surface area contributed by atoms with Crippen molar-refractivity contribution in [2.45, 2.75) is 59.8 Å². The van der Waals surface area contributed by atoms with Crippen molar-refractivity contribution in [3.05, 3.63) is 252 Å². The van der Waals surface area contributed by atoms with E-state index in [-0.39, 0.29) is 5.41 Å². The minimum Gasteiger partial charge on any atom is -0.344 e. The number of aromatic nitrogens is 1. The topological polar surface area (TPSA) is 11.4 Å². The van der Waals surface area contributed by atoms with Gasteiger partial charge in [0.25, 0.3) is 0 Å². The maximum absolute atomic E-state index is 2.59. The Kier molecular flexibility index (Phi) is 11.3. The summed E-state index contributed by atoms with van der Waals surface area (Å²) in [6, 6.07) is 82.5. The molecule has 0 unspecified atom stereocenters. The lowest BCUT2D eigenvalue weighted by Crippen LogP contribution is -2.18. The van der Waals surface area contributed by atoms with Crippen LogP contribution in [0.5, 0.6) is 0 Å². The lowest BCUT2D eigenvalue weighted by atomic mass is 9.81. The number of fused-ring (bicyclic) bond motifs is 11. The summed E-state index contributed by atoms with van der Waals surface area (Å²) in [5.74, 6) is 0. The van der Waals surface area contributed by atoms with Gasteiger partial charge >= 0.3 is 0 Å². The van der Waals surface area contributed by atoms with Gasteiger partial charge in [-0.05, 0) is 173 Å². The Hall–Kier alpha value is -8.70. The predicted molar refractivity (Wildman–Crippen MR) is 337 cm³/mol. The van der Waals surface area contributed by atoms with E-state index in [9.17, 15) is 0 Å². The third-order valence-electron chi connectivity index (χ3n) is 17.1. The molecule has 2 heterocycles. The SMILES string of the molecule is CCCc1ccccc1-c1c(C)cccc1N(c1ccc(C)c(-c2ccccc2C)c1)c1cc2c(c3ccccc13)-c1ccc(N(c3ccc4sc5ccccc5c4c3)c3cccc4c3c3ccccc3n4C)cc1C2(C)C. The van der Waals surface area contributed by atoms with Gasteiger partial charge < -0.3 is 14.4 Å². The molecule has 0 aliphatic heterocycles. The largest absolute Gasteiger partial charge is 0.344 e. The molecular weight excluding hydrogens is 963 g/mol. The van der Waals surface area contributed by atoms with Gasteiger partial charge in [-0.2, -0.15) is 0 Å². The number of benzene rings is 11. The van der Waals surface area contributed by atoms with E-state index in [1.807, 2.05) is 11.3 Å². The minimum absolute atomic E-state index is 0.376. The van der Waals surface area contributed by atoms with Gasteiger partial charge in [-0.1, -0.05) is 167 Å². The third kappa shape index (κ3) is 7.37. The zero-order valence-electron chi connectivity index (χ0n) is 45.4. The van der Waals surface area contributed by atoms with Gasteiger partial charge in [-0.25, -0.2) is 0 Å². The van der Waals surface area contributed by atoms with Crippen LogP contribution in [0.4, 0.5) is 34.1 Å². The summed E-state index contributed by atoms with van der Waals surface area (Å²) in [5.41, 5.74) is 24.5. The fraction of sp³-hybridized carbons (Fsp3) is 0.135. The van der Waals surface area contributed by atoms with E-state index in [0.717, 1.165) is 35.6 Å². The zero-order valence-corrected chi connectivity index (χ0v) is 46.3. The first-order valence-electron chi connectivity index (χ1n) is 27.6. The van der Waals surface area contributed by atoms with Crippen molar-refractivity contribution in [3.63, 3.8) is 0 Å². The molecule has 11 aromatic carbocycles. The Morgan fingerprint density at radius 3 is 1.86 bits per heavy atom. The molecule has 0 saturated carbocycles. The van der Waals surface area contributed by atoms with E-state index in [1.165, 1.54) is 131 Å². The molecule has 0 spiro atoms. The Balaban J connectivity index is 1.01. The van der Waals surface area contributed by atoms with Gasteiger partial charge in [0.15, 0.2) is 0 Å². The van der Waals surface area contributed by atoms with E-state index in [1.54, 1.807) is 0 Å². The van der Waals surface area contributed by atoms with Gasteiger partial charge in [-0.3, -0.25) is 0 Å². The van der Waals surface area contributed by atoms with Gasteiger partial charge in [0.1, 0.15) is 0 Å². The summed E-state index contributed by atoms with van der Waals surface area (Å²) in [6.45, 7) is 14.0. The van der Waals surface area contributed by atoms with Gasteiger partial charge in [-0.15, -0.1) is 11.3 Å². The summed E-state index contributed by atoms with van der Waals surface area (Å²) < 4.78 is 4.95. The van der Waals surface area contributed by atoms with Gasteiger partial charge in [0.2, 0.25) is 0 Å². The first kappa shape index (κ1) is 47.7. The second-order valence-corrected chi connectivity index (χ2v) is 23.2. The van der Waals surface area contributed by atoms with Crippen molar-refractivity contribution >= 4 is 98.2 Å². The lowest BCUT2D eigenvalue weighted by molar-refractivity contribution is 0.661. The monoisotopic (exact) mass is 1020 g/mol. The lowest BCUT2D eigenvalue weighted by Gasteiger charge is -2.32. The number of aryl methyl sites for hydroxylation is 5. The number of para-hydroxylation sites is 1. The molecule has 14 rings (SSSR count). The van der Waals surface area contributed by atoms with Crippen LogP contribution in [0.1, 0.15) is 60.6 Å². The van der Waals surface area contributed by atoms with Crippen LogP contribution in [0, 0.1) is 20.8 Å². The number of hydrogen-bond donors (Lipinski definition) is 0. The summed E-state index contributed by atoms with van der Waals surface area (Å²) in [5, 5.41) is 7.56. The quantitative estimate of drug-likeness (QED) is 0.135. The molecular formula is C74H61N3S. The molecule has 0 saturated heterocycles. The highest BCUT2D eigenvalue weighted by Crippen LogP contribution is 2.57. The van der Waals surface area contributed by atoms with E-state index in [4.69, 9.17) is 0 Å². The number of nitrogens with zero attached hydrogens (tertiary/aromatic N) is 3. The number of rotatable bonds is 10. The summed E-state index contributed by atoms with van der Waals surface area (Å²) >= 11 is 1.87. The second-order valence-electron chi connectivity index (χ2n) is 22.1. The molecule has 0 radical (unpaired) electrons. The van der Waals surface area contributed by atoms with Crippen molar-refractivity contribution in [2.75, 3.05) is 9.80 Å². The van der Waals surface area contributed by atoms with Crippen LogP contribution < -0.4 is 9.80 Å². The molecule has 4 heteroatoms. The predicted octanol–water partition coefficient (Wildman–Crippen LogP) is 21.3. The van der Waals surface area contributed by atoms with Crippen molar-refractivity contribution in [3.8, 4) is 33.4 Å². The maximum atomic E-state index is 2.59. The Bertz CT molecular complexity index is 4570. The van der Waals surface area contributed by atoms with Gasteiger partial charge in [0.05, 0.1) is 22.6 Å². The molecule has 78 heavy (non-hydrogen) atoms. The molecule has 0 N–H and O–H groups in total. The molecule has 0 amide bonds. The summed E-state index contributed by atoms with van der Waals surface area (Å²) in [7, 11) is 2.20. The summed E-state index contributed by atoms with van der Waals surface area (Å²) in [4.78, 5) is 5.13. The van der Waals surface area contributed by atoms with Crippen LogP contribution in [-0.4, -0.2) is 4.57 Å². The van der Waals surface area contributed by atoms with Crippen LogP contribution in [0.15, 0.2) is 218 Å². The highest BCUT2D eigenvalue weighted by Gasteiger charge is 2.39. The third-order valence-corrected chi connectivity index (χ3v) is 18.3. The second kappa shape index (κ2) is 18.5. The average molecular weight is 1020 g/mol. The highest BCUT2D eigenvalue weighted by atomic mass is 32.1. The normalized spacial score (nSPS) is 12.8. The van der Waals surface area contributed by atoms with Crippen LogP contribution in [0.3, 0.4) is 0 Å². The number of thiophene rings is 1. The van der Waals surface area contributed by atoms with Gasteiger partial charge in [0, 0.05) is 76.9 Å². The molecule has 2 aromatic heterocycles. The maximum Gasteiger partial charge on any atom is 0.0561 e. The first-order chi connectivity index (χ1) is 38.1. The number of anilines is 6. The molecule has 1 aliphatic rings. The van der Waals surface area contributed by atoms with E-state index in [0.29, 0.717) is 0 Å². The number of hydrogen-bond acceptors (Lipinski definition) is 3. The molecule has 3 nitrogen and oxygen atoms in total. The van der Waals surface area contributed by atoms with Crippen molar-refractivity contribution in [1.29, 1.82) is 0 Å². The molecule has 13 aromatic rings. The highest BCUT2D eigenvalue weighted by molar-refractivity contribution is 7.25. The Morgan fingerprint density at radius 1 is 0.410 bits per heavy atom. The van der Waals surface area contributed by atoms with Crippen molar-refractivity contribution in [1.82, 2.24) is 4.57 Å². The van der Waals surface area contributed by atoms with Crippen LogP contribution in [0.25, 0.3) is 86.1 Å². The fourth-order valence-electron chi connectivity index (χ4n) is 13.3. The first-order valence-corrected chi connectivity index (χ1v) is 28.4. The molecule has 0 fully saturated rings. The Morgan fingerprint density at radius 2 is 1.03 bits per heavy atom. The van der Waals surface area contributed by atoms with E-state index < -0.39 is 0 Å². The average Bonchev–Trinajstić information content (AvgIpc) is 4.07. The molecule has 0 bridgehead atoms. The van der Waals surface area contributed by atoms with E-state index in [2.05, 4.69) is 281 Å². The minimum atomic E-state index is -0.376. The van der Waals surface area contributed by atoms with E-state index >= 15 is 0 Å². The standard InChI is InChI=1S/C74H61N3S/c1-8-21-49-24-10-12-26-54(49)71-48(4)23-19-33-66(71)77(51-37-36-47(3)60(42-51)53-25-11-9-22-46(53)2)68-45-63-72(57-29-14-13-27-55(57)68)58-40-38-52(44-62(58)74(63,5)6)76(50-39-41-70-61(43-50)56-28-16-18-35-69(56)78-70)67-34-20-32-65-73(67)59-30-15-17-31-64(59)75(65)7/h9-20,22-45H,8,21H2,1-7H3. The molecule has 378 valence electrons. The van der Waals surface area contributed by atoms with Crippen molar-refractivity contribution in [2.24, 2.45) is 7.05 Å². The van der Waals surface area contributed by atoms with Crippen molar-refractivity contribution < 1.29 is 0 Å². The summed E-state index contributed by atoms with van der Waals surface area (Å²) in [6.07, 6.45) is 2.08. The fourth-order valence-corrected chi connectivity index (χ4v) is 14.4. The smallest absolute Gasteiger partial charge is 0.0561 e. The Labute approximate surface area is 461 Å². The van der Waals surface area contributed by atoms with Crippen LogP contribution >= 0.6 is 11.3 Å². The molecule has 1 aliphatic carbocycles. The molecule has 0 atom stereocenters. The zero-order chi connectivity index (χ0) is 53.0.